The molecule has 3 fully saturated rings. The highest BCUT2D eigenvalue weighted by molar-refractivity contribution is 5.79. The van der Waals surface area contributed by atoms with Crippen molar-refractivity contribution in [2.24, 2.45) is 5.92 Å². The van der Waals surface area contributed by atoms with Gasteiger partial charge in [-0.3, -0.25) is 4.79 Å². The molecule has 128 valence electrons. The minimum Gasteiger partial charge on any atom is -0.375 e. The summed E-state index contributed by atoms with van der Waals surface area (Å²) in [6, 6.07) is 0.240. The van der Waals surface area contributed by atoms with Crippen molar-refractivity contribution in [2.45, 2.75) is 76.0 Å². The zero-order chi connectivity index (χ0) is 15.6. The molecule has 0 aromatic rings. The molecule has 0 aromatic heterocycles. The first-order chi connectivity index (χ1) is 11.3. The van der Waals surface area contributed by atoms with Crippen LogP contribution in [0.15, 0.2) is 11.6 Å². The van der Waals surface area contributed by atoms with Crippen LogP contribution in [0, 0.1) is 5.92 Å². The van der Waals surface area contributed by atoms with E-state index in [1.54, 1.807) is 0 Å². The van der Waals surface area contributed by atoms with Gasteiger partial charge in [0.05, 0.1) is 12.1 Å². The first-order valence-corrected chi connectivity index (χ1v) is 9.52. The van der Waals surface area contributed by atoms with Crippen LogP contribution in [0.5, 0.6) is 0 Å². The smallest absolute Gasteiger partial charge is 0.226 e. The molecule has 1 saturated carbocycles. The van der Waals surface area contributed by atoms with Gasteiger partial charge in [0.25, 0.3) is 0 Å². The quantitative estimate of drug-likeness (QED) is 0.731. The maximum absolute atomic E-state index is 12.8. The van der Waals surface area contributed by atoms with Gasteiger partial charge in [-0.25, -0.2) is 0 Å². The number of hydrogen-bond donors (Lipinski definition) is 0. The van der Waals surface area contributed by atoms with Crippen molar-refractivity contribution in [1.82, 2.24) is 4.90 Å². The van der Waals surface area contributed by atoms with E-state index in [-0.39, 0.29) is 18.2 Å². The third-order valence-electron chi connectivity index (χ3n) is 5.85. The second-order valence-electron chi connectivity index (χ2n) is 7.67. The fraction of sp³-hybridized carbons (Fsp3) is 0.842. The predicted molar refractivity (Wildman–Crippen MR) is 88.1 cm³/mol. The molecule has 23 heavy (non-hydrogen) atoms. The lowest BCUT2D eigenvalue weighted by atomic mass is 9.93. The van der Waals surface area contributed by atoms with Gasteiger partial charge in [-0.1, -0.05) is 11.6 Å². The van der Waals surface area contributed by atoms with E-state index in [0.717, 1.165) is 51.4 Å². The number of likely N-dealkylation sites (tertiary alicyclic amines) is 1. The normalized spacial score (nSPS) is 34.2. The number of amides is 1. The molecule has 2 saturated heterocycles. The van der Waals surface area contributed by atoms with Crippen molar-refractivity contribution in [3.8, 4) is 0 Å². The van der Waals surface area contributed by atoms with E-state index < -0.39 is 0 Å². The molecule has 0 aromatic carbocycles. The maximum Gasteiger partial charge on any atom is 0.226 e. The summed E-state index contributed by atoms with van der Waals surface area (Å²) in [5.41, 5.74) is 1.35. The summed E-state index contributed by atoms with van der Waals surface area (Å²) in [6.45, 7) is 2.50. The van der Waals surface area contributed by atoms with Crippen LogP contribution in [0.3, 0.4) is 0 Å². The van der Waals surface area contributed by atoms with Gasteiger partial charge in [0.15, 0.2) is 0 Å². The lowest BCUT2D eigenvalue weighted by Crippen LogP contribution is -2.55. The van der Waals surface area contributed by atoms with Crippen molar-refractivity contribution < 1.29 is 14.3 Å². The average molecular weight is 319 g/mol. The Morgan fingerprint density at radius 3 is 2.96 bits per heavy atom. The number of nitrogens with zero attached hydrogens (tertiary/aromatic N) is 1. The largest absolute Gasteiger partial charge is 0.375 e. The lowest BCUT2D eigenvalue weighted by Gasteiger charge is -2.41. The second kappa shape index (κ2) is 6.94. The second-order valence-corrected chi connectivity index (χ2v) is 7.67. The molecule has 1 amide bonds. The van der Waals surface area contributed by atoms with Gasteiger partial charge in [0, 0.05) is 26.2 Å². The Morgan fingerprint density at radius 2 is 2.17 bits per heavy atom. The third kappa shape index (κ3) is 3.63. The van der Waals surface area contributed by atoms with Gasteiger partial charge in [-0.15, -0.1) is 0 Å². The highest BCUT2D eigenvalue weighted by Crippen LogP contribution is 2.34. The van der Waals surface area contributed by atoms with E-state index in [1.807, 2.05) is 0 Å². The molecule has 0 radical (unpaired) electrons. The summed E-state index contributed by atoms with van der Waals surface area (Å²) < 4.78 is 12.1. The fourth-order valence-electron chi connectivity index (χ4n) is 4.28. The molecule has 4 nitrogen and oxygen atoms in total. The maximum atomic E-state index is 12.8. The average Bonchev–Trinajstić information content (AvgIpc) is 3.27. The Bertz CT molecular complexity index is 471. The molecule has 0 bridgehead atoms. The number of carbonyl (C=O) groups excluding carboxylic acids is 1. The molecule has 2 aliphatic carbocycles. The van der Waals surface area contributed by atoms with Gasteiger partial charge < -0.3 is 14.4 Å². The topological polar surface area (TPSA) is 38.8 Å². The summed E-state index contributed by atoms with van der Waals surface area (Å²) in [7, 11) is 0. The van der Waals surface area contributed by atoms with Crippen LogP contribution < -0.4 is 0 Å². The zero-order valence-corrected chi connectivity index (χ0v) is 14.0. The third-order valence-corrected chi connectivity index (χ3v) is 5.85. The molecular formula is C19H29NO3. The molecule has 3 atom stereocenters. The molecule has 2 heterocycles. The Morgan fingerprint density at radius 1 is 1.26 bits per heavy atom. The van der Waals surface area contributed by atoms with Crippen LogP contribution in [-0.4, -0.2) is 48.8 Å². The van der Waals surface area contributed by atoms with Crippen molar-refractivity contribution in [1.29, 1.82) is 0 Å². The fourth-order valence-corrected chi connectivity index (χ4v) is 4.28. The van der Waals surface area contributed by atoms with E-state index in [4.69, 9.17) is 9.47 Å². The number of carbonyl (C=O) groups is 1. The molecule has 4 aliphatic rings. The van der Waals surface area contributed by atoms with Crippen molar-refractivity contribution >= 4 is 5.91 Å². The summed E-state index contributed by atoms with van der Waals surface area (Å²) in [5.74, 6) is 1.09. The van der Waals surface area contributed by atoms with E-state index in [1.165, 1.54) is 31.3 Å². The summed E-state index contributed by atoms with van der Waals surface area (Å²) in [6.07, 6.45) is 12.5. The van der Waals surface area contributed by atoms with Crippen molar-refractivity contribution in [3.05, 3.63) is 11.6 Å². The lowest BCUT2D eigenvalue weighted by molar-refractivity contribution is -0.145. The monoisotopic (exact) mass is 319 g/mol. The minimum absolute atomic E-state index is 0.104. The predicted octanol–water partition coefficient (Wildman–Crippen LogP) is 3.06. The Labute approximate surface area is 139 Å². The van der Waals surface area contributed by atoms with Gasteiger partial charge >= 0.3 is 0 Å². The van der Waals surface area contributed by atoms with Crippen LogP contribution >= 0.6 is 0 Å². The first-order valence-electron chi connectivity index (χ1n) is 9.52. The number of hydrogen-bond acceptors (Lipinski definition) is 3. The molecule has 2 aliphatic heterocycles. The SMILES string of the molecule is O=C(CC1=CCCCC1)N1CC[C@@H](OCC2CC2)[C@H]2OCC[C@@H]21. The highest BCUT2D eigenvalue weighted by Gasteiger charge is 2.44. The number of fused-ring (bicyclic) bond motifs is 1. The molecule has 0 spiro atoms. The van der Waals surface area contributed by atoms with Crippen molar-refractivity contribution in [3.63, 3.8) is 0 Å². The molecule has 4 rings (SSSR count). The summed E-state index contributed by atoms with van der Waals surface area (Å²) in [5, 5.41) is 0. The van der Waals surface area contributed by atoms with Crippen LogP contribution in [0.2, 0.25) is 0 Å². The van der Waals surface area contributed by atoms with Crippen LogP contribution in [0.4, 0.5) is 0 Å². The zero-order valence-electron chi connectivity index (χ0n) is 14.0. The van der Waals surface area contributed by atoms with Gasteiger partial charge in [-0.05, 0) is 57.3 Å². The molecule has 4 heteroatoms. The summed E-state index contributed by atoms with van der Waals surface area (Å²) in [4.78, 5) is 14.9. The Hall–Kier alpha value is -0.870. The Balaban J connectivity index is 1.35. The first kappa shape index (κ1) is 15.6. The van der Waals surface area contributed by atoms with Crippen molar-refractivity contribution in [2.75, 3.05) is 19.8 Å². The van der Waals surface area contributed by atoms with E-state index in [9.17, 15) is 4.79 Å². The molecule has 0 N–H and O–H groups in total. The van der Waals surface area contributed by atoms with E-state index in [2.05, 4.69) is 11.0 Å². The molecular weight excluding hydrogens is 290 g/mol. The van der Waals surface area contributed by atoms with Gasteiger partial charge in [0.2, 0.25) is 5.91 Å². The van der Waals surface area contributed by atoms with E-state index >= 15 is 0 Å². The Kier molecular flexibility index (Phi) is 4.72. The van der Waals surface area contributed by atoms with Gasteiger partial charge in [-0.2, -0.15) is 0 Å². The number of ether oxygens (including phenoxy) is 2. The standard InChI is InChI=1S/C19H29NO3/c21-18(12-14-4-2-1-3-5-14)20-10-8-17(23-13-15-6-7-15)19-16(20)9-11-22-19/h4,15-17,19H,1-3,5-13H2/t16-,17+,19-/m0/s1. The number of allylic oxidation sites excluding steroid dienone is 1. The number of piperidine rings is 1. The minimum atomic E-state index is 0.104. The summed E-state index contributed by atoms with van der Waals surface area (Å²) >= 11 is 0. The van der Waals surface area contributed by atoms with Crippen LogP contribution in [0.25, 0.3) is 0 Å². The number of rotatable bonds is 5. The van der Waals surface area contributed by atoms with Crippen LogP contribution in [-0.2, 0) is 14.3 Å². The molecule has 0 unspecified atom stereocenters. The highest BCUT2D eigenvalue weighted by atomic mass is 16.5. The van der Waals surface area contributed by atoms with Gasteiger partial charge in [0.1, 0.15) is 6.10 Å². The van der Waals surface area contributed by atoms with Crippen LogP contribution in [0.1, 0.15) is 57.8 Å². The van der Waals surface area contributed by atoms with E-state index in [0.29, 0.717) is 12.3 Å².